The van der Waals surface area contributed by atoms with E-state index in [4.69, 9.17) is 52.1 Å². The lowest BCUT2D eigenvalue weighted by Crippen LogP contribution is -2.66. The molecule has 0 amide bonds. The van der Waals surface area contributed by atoms with E-state index in [9.17, 15) is 29.4 Å². The number of carboxylic acid groups (broad SMARTS) is 2. The zero-order valence-corrected chi connectivity index (χ0v) is 40.5. The monoisotopic (exact) mass is 1010 g/mol. The third-order valence-corrected chi connectivity index (χ3v) is 12.0. The van der Waals surface area contributed by atoms with Crippen LogP contribution < -0.4 is 0 Å². The molecule has 17 nitrogen and oxygen atoms in total. The summed E-state index contributed by atoms with van der Waals surface area (Å²) in [7, 11) is 1.44. The molecule has 17 heteroatoms. The summed E-state index contributed by atoms with van der Waals surface area (Å²) in [6.45, 7) is -0.476. The van der Waals surface area contributed by atoms with E-state index in [1.807, 2.05) is 152 Å². The van der Waals surface area contributed by atoms with E-state index in [1.54, 1.807) is 0 Å². The Morgan fingerprint density at radius 2 is 0.699 bits per heavy atom. The standard InChI is InChI=1S/C56H62O17/c1-63-55-53(69-34-41-23-13-5-14-24-41)52(68-33-40-21-11-4-12-22-40)50(44(71-55)37-65-48(62)30-28-46(59)60)73-56-54(70-35-42-25-15-6-16-26-42)51(67-32-39-19-9-3-10-20-39)49(66-31-38-17-7-2-8-18-38)43(72-56)36-64-47(61)29-27-45(57)58/h2-26,43-44,49-56H,27-37H2,1H3,(H,57,58)(H,59,60)/t43-,44-,49-,50-,51+,52+,53-,54-,55-,56-/m1/s1. The molecule has 5 aromatic carbocycles. The van der Waals surface area contributed by atoms with Gasteiger partial charge in [0, 0.05) is 7.11 Å². The summed E-state index contributed by atoms with van der Waals surface area (Å²) in [6.07, 6.45) is -13.0. The number of carbonyl (C=O) groups excluding carboxylic acids is 2. The summed E-state index contributed by atoms with van der Waals surface area (Å²) in [5.74, 6) is -3.91. The number of methoxy groups -OCH3 is 1. The molecule has 2 aliphatic rings. The van der Waals surface area contributed by atoms with Crippen LogP contribution in [0.25, 0.3) is 0 Å². The number of esters is 2. The van der Waals surface area contributed by atoms with Gasteiger partial charge in [-0.2, -0.15) is 0 Å². The number of rotatable bonds is 28. The number of ether oxygens (including phenoxy) is 11. The van der Waals surface area contributed by atoms with Gasteiger partial charge in [0.1, 0.15) is 62.0 Å². The van der Waals surface area contributed by atoms with Crippen LogP contribution >= 0.6 is 0 Å². The normalized spacial score (nSPS) is 23.8. The molecule has 388 valence electrons. The van der Waals surface area contributed by atoms with Gasteiger partial charge < -0.3 is 62.3 Å². The molecule has 5 aromatic rings. The minimum atomic E-state index is -1.42. The van der Waals surface area contributed by atoms with Gasteiger partial charge in [-0.15, -0.1) is 0 Å². The van der Waals surface area contributed by atoms with Crippen LogP contribution in [-0.4, -0.2) is 116 Å². The molecule has 2 saturated heterocycles. The molecule has 73 heavy (non-hydrogen) atoms. The minimum absolute atomic E-state index is 0.0501. The number of aliphatic carboxylic acids is 2. The number of carboxylic acids is 2. The molecule has 0 aliphatic carbocycles. The average molecular weight is 1010 g/mol. The molecule has 0 unspecified atom stereocenters. The summed E-state index contributed by atoms with van der Waals surface area (Å²) in [5, 5.41) is 18.7. The van der Waals surface area contributed by atoms with E-state index in [-0.39, 0.29) is 33.0 Å². The molecule has 2 aliphatic heterocycles. The minimum Gasteiger partial charge on any atom is -0.481 e. The second-order valence-electron chi connectivity index (χ2n) is 17.4. The molecule has 0 spiro atoms. The number of carbonyl (C=O) groups is 4. The average Bonchev–Trinajstić information content (AvgIpc) is 3.42. The van der Waals surface area contributed by atoms with E-state index < -0.39 is 124 Å². The Labute approximate surface area is 424 Å². The molecule has 0 saturated carbocycles. The first-order valence-corrected chi connectivity index (χ1v) is 24.1. The highest BCUT2D eigenvalue weighted by atomic mass is 16.8. The lowest BCUT2D eigenvalue weighted by atomic mass is 9.95. The lowest BCUT2D eigenvalue weighted by molar-refractivity contribution is -0.375. The van der Waals surface area contributed by atoms with Gasteiger partial charge >= 0.3 is 23.9 Å². The number of hydrogen-bond acceptors (Lipinski definition) is 15. The summed E-state index contributed by atoms with van der Waals surface area (Å²) in [5.41, 5.74) is 4.13. The summed E-state index contributed by atoms with van der Waals surface area (Å²) in [6, 6.07) is 47.3. The quantitative estimate of drug-likeness (QED) is 0.0474. The van der Waals surface area contributed by atoms with Gasteiger partial charge in [0.15, 0.2) is 12.6 Å². The Kier molecular flexibility index (Phi) is 21.4. The molecule has 0 bridgehead atoms. The van der Waals surface area contributed by atoms with Crippen LogP contribution in [0.15, 0.2) is 152 Å². The molecular formula is C56H62O17. The SMILES string of the molecule is CO[C@@H]1O[C@H](COC(=O)CCC(=O)O)[C@@H](O[C@H]2O[C@H](COC(=O)CCC(=O)O)[C@@H](OCc3ccccc3)[C@H](OCc3ccccc3)[C@H]2OCc2ccccc2)[C@H](OCc2ccccc2)[C@H]1OCc1ccccc1. The van der Waals surface area contributed by atoms with Gasteiger partial charge in [0.25, 0.3) is 0 Å². The lowest BCUT2D eigenvalue weighted by Gasteiger charge is -2.50. The second-order valence-corrected chi connectivity index (χ2v) is 17.4. The molecule has 0 radical (unpaired) electrons. The zero-order valence-electron chi connectivity index (χ0n) is 40.5. The van der Waals surface area contributed by atoms with Gasteiger partial charge in [-0.3, -0.25) is 19.2 Å². The van der Waals surface area contributed by atoms with E-state index in [0.717, 1.165) is 27.8 Å². The largest absolute Gasteiger partial charge is 0.481 e. The van der Waals surface area contributed by atoms with Crippen molar-refractivity contribution in [2.75, 3.05) is 20.3 Å². The fourth-order valence-electron chi connectivity index (χ4n) is 8.32. The van der Waals surface area contributed by atoms with Gasteiger partial charge in [0.2, 0.25) is 0 Å². The van der Waals surface area contributed by atoms with Crippen molar-refractivity contribution >= 4 is 23.9 Å². The summed E-state index contributed by atoms with van der Waals surface area (Å²) >= 11 is 0. The van der Waals surface area contributed by atoms with Crippen molar-refractivity contribution in [3.05, 3.63) is 179 Å². The first-order valence-electron chi connectivity index (χ1n) is 24.1. The van der Waals surface area contributed by atoms with Gasteiger partial charge in [-0.25, -0.2) is 0 Å². The van der Waals surface area contributed by atoms with Crippen molar-refractivity contribution in [3.63, 3.8) is 0 Å². The van der Waals surface area contributed by atoms with Gasteiger partial charge in [-0.1, -0.05) is 152 Å². The van der Waals surface area contributed by atoms with Crippen LogP contribution in [0.4, 0.5) is 0 Å². The van der Waals surface area contributed by atoms with E-state index >= 15 is 0 Å². The number of benzene rings is 5. The fourth-order valence-corrected chi connectivity index (χ4v) is 8.32. The van der Waals surface area contributed by atoms with Crippen LogP contribution in [0.3, 0.4) is 0 Å². The maximum Gasteiger partial charge on any atom is 0.306 e. The molecule has 2 N–H and O–H groups in total. The van der Waals surface area contributed by atoms with Crippen LogP contribution in [0.1, 0.15) is 53.5 Å². The molecule has 0 aromatic heterocycles. The Morgan fingerprint density at radius 3 is 1.05 bits per heavy atom. The van der Waals surface area contributed by atoms with E-state index in [2.05, 4.69) is 0 Å². The first-order chi connectivity index (χ1) is 35.6. The smallest absolute Gasteiger partial charge is 0.306 e. The molecule has 7 rings (SSSR count). The molecule has 10 atom stereocenters. The van der Waals surface area contributed by atoms with Crippen molar-refractivity contribution in [1.29, 1.82) is 0 Å². The van der Waals surface area contributed by atoms with Crippen molar-refractivity contribution in [2.45, 2.75) is 120 Å². The van der Waals surface area contributed by atoms with Crippen LogP contribution in [0.5, 0.6) is 0 Å². The highest BCUT2D eigenvalue weighted by Crippen LogP contribution is 2.37. The fraction of sp³-hybridized carbons (Fsp3) is 0.393. The Bertz CT molecular complexity index is 2410. The van der Waals surface area contributed by atoms with Crippen LogP contribution in [-0.2, 0) is 104 Å². The molecular weight excluding hydrogens is 945 g/mol. The maximum absolute atomic E-state index is 13.1. The highest BCUT2D eigenvalue weighted by Gasteiger charge is 2.55. The second kappa shape index (κ2) is 28.8. The first kappa shape index (κ1) is 54.4. The summed E-state index contributed by atoms with van der Waals surface area (Å²) < 4.78 is 72.0. The summed E-state index contributed by atoms with van der Waals surface area (Å²) in [4.78, 5) is 49.1. The zero-order chi connectivity index (χ0) is 51.2. The maximum atomic E-state index is 13.1. The van der Waals surface area contributed by atoms with Crippen molar-refractivity contribution < 1.29 is 81.5 Å². The van der Waals surface area contributed by atoms with Crippen LogP contribution in [0, 0.1) is 0 Å². The number of hydrogen-bond donors (Lipinski definition) is 2. The predicted octanol–water partition coefficient (Wildman–Crippen LogP) is 7.21. The van der Waals surface area contributed by atoms with Crippen molar-refractivity contribution in [3.8, 4) is 0 Å². The van der Waals surface area contributed by atoms with E-state index in [0.29, 0.717) is 0 Å². The highest BCUT2D eigenvalue weighted by molar-refractivity contribution is 5.77. The van der Waals surface area contributed by atoms with Gasteiger partial charge in [-0.05, 0) is 27.8 Å². The van der Waals surface area contributed by atoms with Crippen molar-refractivity contribution in [1.82, 2.24) is 0 Å². The Balaban J connectivity index is 1.31. The molecule has 2 heterocycles. The Morgan fingerprint density at radius 1 is 0.397 bits per heavy atom. The third kappa shape index (κ3) is 17.1. The third-order valence-electron chi connectivity index (χ3n) is 12.0. The molecule has 2 fully saturated rings. The van der Waals surface area contributed by atoms with E-state index in [1.165, 1.54) is 7.11 Å². The predicted molar refractivity (Wildman–Crippen MR) is 260 cm³/mol. The topological polar surface area (TPSA) is 210 Å². The van der Waals surface area contributed by atoms with Gasteiger partial charge in [0.05, 0.1) is 58.7 Å². The Hall–Kier alpha value is -6.38. The van der Waals surface area contributed by atoms with Crippen molar-refractivity contribution in [2.24, 2.45) is 0 Å². The van der Waals surface area contributed by atoms with Crippen LogP contribution in [0.2, 0.25) is 0 Å².